The van der Waals surface area contributed by atoms with Gasteiger partial charge in [0, 0.05) is 19.8 Å². The molecular formula is C20H23NO4. The summed E-state index contributed by atoms with van der Waals surface area (Å²) in [5, 5.41) is 4.29. The highest BCUT2D eigenvalue weighted by Gasteiger charge is 2.43. The monoisotopic (exact) mass is 343 g/mol. The largest absolute Gasteiger partial charge is 0.493 e. The number of para-hydroxylation sites is 1. The highest BCUT2D eigenvalue weighted by atomic mass is 16.7. The average molecular weight is 343 g/mol. The summed E-state index contributed by atoms with van der Waals surface area (Å²) in [6.07, 6.45) is 1.63. The number of oxime groups is 1. The lowest BCUT2D eigenvalue weighted by Crippen LogP contribution is -2.29. The van der Waals surface area contributed by atoms with E-state index in [1.165, 1.54) is 7.40 Å². The Morgan fingerprint density at radius 1 is 1.16 bits per heavy atom. The molecule has 2 aromatic rings. The Morgan fingerprint density at radius 3 is 2.72 bits per heavy atom. The van der Waals surface area contributed by atoms with E-state index in [-0.39, 0.29) is 5.60 Å². The van der Waals surface area contributed by atoms with Gasteiger partial charge in [0.1, 0.15) is 5.75 Å². The van der Waals surface area contributed by atoms with Crippen LogP contribution in [0.2, 0.25) is 0 Å². The molecule has 132 valence electrons. The van der Waals surface area contributed by atoms with Crippen molar-refractivity contribution in [3.63, 3.8) is 0 Å². The van der Waals surface area contributed by atoms with Crippen molar-refractivity contribution < 1.29 is 20.4 Å². The molecule has 5 nitrogen and oxygen atoms in total. The van der Waals surface area contributed by atoms with Gasteiger partial charge in [-0.3, -0.25) is 0 Å². The number of nitrogens with zero attached hydrogens (tertiary/aromatic N) is 1. The number of benzene rings is 2. The number of rotatable bonds is 4. The zero-order valence-corrected chi connectivity index (χ0v) is 14.5. The molecule has 0 bridgehead atoms. The van der Waals surface area contributed by atoms with E-state index in [0.717, 1.165) is 36.5 Å². The molecule has 1 spiro atoms. The Labute approximate surface area is 149 Å². The average Bonchev–Trinajstić information content (AvgIpc) is 3.34. The molecule has 2 aliphatic heterocycles. The summed E-state index contributed by atoms with van der Waals surface area (Å²) in [5.41, 5.74) is 1.61. The standard InChI is InChI=1S/C19H19NO4.CH4/c1-21-17-8-7-14(11-18(17)23-15-5-3-2-4-6-15)16-12-19(24-20-16)9-10-22-13-19;/h2-8,11H,9-10,12-13H2,1H3;1H4/i;1T. The molecule has 0 aliphatic carbocycles. The summed E-state index contributed by atoms with van der Waals surface area (Å²) in [6, 6.07) is 15.5. The van der Waals surface area contributed by atoms with Gasteiger partial charge in [-0.25, -0.2) is 0 Å². The predicted octanol–water partition coefficient (Wildman–Crippen LogP) is 4.41. The van der Waals surface area contributed by atoms with Gasteiger partial charge < -0.3 is 19.0 Å². The molecule has 25 heavy (non-hydrogen) atoms. The lowest BCUT2D eigenvalue weighted by molar-refractivity contribution is -0.0237. The highest BCUT2D eigenvalue weighted by Crippen LogP contribution is 2.37. The first kappa shape index (κ1) is 16.0. The van der Waals surface area contributed by atoms with Crippen molar-refractivity contribution in [3.8, 4) is 17.2 Å². The van der Waals surface area contributed by atoms with Gasteiger partial charge >= 0.3 is 0 Å². The summed E-state index contributed by atoms with van der Waals surface area (Å²) >= 11 is 0. The summed E-state index contributed by atoms with van der Waals surface area (Å²) < 4.78 is 22.6. The van der Waals surface area contributed by atoms with E-state index in [2.05, 4.69) is 5.16 Å². The third-order valence-corrected chi connectivity index (χ3v) is 4.37. The van der Waals surface area contributed by atoms with E-state index < -0.39 is 0 Å². The summed E-state index contributed by atoms with van der Waals surface area (Å²) in [4.78, 5) is 5.67. The number of hydrogen-bond acceptors (Lipinski definition) is 5. The first-order chi connectivity index (χ1) is 12.8. The third kappa shape index (κ3) is 3.46. The molecule has 0 aromatic heterocycles. The van der Waals surface area contributed by atoms with Crippen LogP contribution >= 0.6 is 0 Å². The van der Waals surface area contributed by atoms with Crippen LogP contribution in [0.25, 0.3) is 0 Å². The number of methoxy groups -OCH3 is 1. The maximum Gasteiger partial charge on any atom is 0.169 e. The van der Waals surface area contributed by atoms with E-state index in [4.69, 9.17) is 20.4 Å². The Morgan fingerprint density at radius 2 is 2.00 bits per heavy atom. The van der Waals surface area contributed by atoms with Crippen molar-refractivity contribution >= 4 is 5.71 Å². The van der Waals surface area contributed by atoms with Gasteiger partial charge in [0.2, 0.25) is 0 Å². The van der Waals surface area contributed by atoms with Gasteiger partial charge in [0.15, 0.2) is 17.1 Å². The van der Waals surface area contributed by atoms with E-state index in [9.17, 15) is 0 Å². The molecule has 0 radical (unpaired) electrons. The summed E-state index contributed by atoms with van der Waals surface area (Å²) in [5.74, 6) is 2.10. The number of hydrogen-bond donors (Lipinski definition) is 0. The Kier molecular flexibility index (Phi) is 4.57. The van der Waals surface area contributed by atoms with Crippen molar-refractivity contribution in [1.82, 2.24) is 0 Å². The molecule has 1 unspecified atom stereocenters. The third-order valence-electron chi connectivity index (χ3n) is 4.37. The second-order valence-corrected chi connectivity index (χ2v) is 6.07. The minimum Gasteiger partial charge on any atom is -0.493 e. The van der Waals surface area contributed by atoms with E-state index in [1.54, 1.807) is 7.11 Å². The van der Waals surface area contributed by atoms with Gasteiger partial charge in [-0.15, -0.1) is 0 Å². The van der Waals surface area contributed by atoms with Gasteiger partial charge in [-0.05, 0) is 30.3 Å². The van der Waals surface area contributed by atoms with Crippen molar-refractivity contribution in [1.29, 1.82) is 0 Å². The molecule has 1 saturated heterocycles. The number of ether oxygens (including phenoxy) is 3. The van der Waals surface area contributed by atoms with E-state index in [0.29, 0.717) is 18.1 Å². The first-order valence-corrected chi connectivity index (χ1v) is 8.02. The molecule has 4 rings (SSSR count). The van der Waals surface area contributed by atoms with Crippen molar-refractivity contribution in [2.24, 2.45) is 5.16 Å². The lowest BCUT2D eigenvalue weighted by Gasteiger charge is -2.17. The van der Waals surface area contributed by atoms with Crippen LogP contribution in [0.5, 0.6) is 17.2 Å². The quantitative estimate of drug-likeness (QED) is 0.825. The normalized spacial score (nSPS) is 21.7. The summed E-state index contributed by atoms with van der Waals surface area (Å²) in [7, 11) is 2.88. The Hall–Kier alpha value is -2.53. The Bertz CT molecular complexity index is 758. The fraction of sp³-hybridized carbons (Fsp3) is 0.350. The molecule has 2 heterocycles. The molecule has 0 saturated carbocycles. The van der Waals surface area contributed by atoms with Gasteiger partial charge in [-0.2, -0.15) is 0 Å². The second kappa shape index (κ2) is 7.15. The SMILES string of the molecule is COc1ccc(C2=NOC3(CCOC3)C2)cc1Oc1ccccc1.[3H]C. The lowest BCUT2D eigenvalue weighted by atomic mass is 9.93. The summed E-state index contributed by atoms with van der Waals surface area (Å²) in [6.45, 7) is 1.33. The Balaban J connectivity index is 0.000000948. The molecule has 2 aliphatic rings. The molecule has 0 amide bonds. The zero-order valence-electron chi connectivity index (χ0n) is 15.5. The maximum absolute atomic E-state index is 5.97. The van der Waals surface area contributed by atoms with Gasteiger partial charge in [0.05, 0.1) is 26.0 Å². The van der Waals surface area contributed by atoms with Gasteiger partial charge in [-0.1, -0.05) is 30.8 Å². The molecular weight excluding hydrogens is 318 g/mol. The van der Waals surface area contributed by atoms with Crippen molar-refractivity contribution in [2.45, 2.75) is 25.8 Å². The van der Waals surface area contributed by atoms with Crippen LogP contribution < -0.4 is 9.47 Å². The van der Waals surface area contributed by atoms with Crippen LogP contribution in [0.3, 0.4) is 0 Å². The molecule has 1 atom stereocenters. The van der Waals surface area contributed by atoms with E-state index >= 15 is 0 Å². The maximum atomic E-state index is 5.97. The minimum atomic E-state index is -0.282. The minimum absolute atomic E-state index is 0.282. The first-order valence-electron chi connectivity index (χ1n) is 9.02. The van der Waals surface area contributed by atoms with Crippen LogP contribution in [0.15, 0.2) is 53.7 Å². The topological polar surface area (TPSA) is 49.3 Å². The molecule has 5 heteroatoms. The zero-order chi connectivity index (χ0) is 18.4. The van der Waals surface area contributed by atoms with Crippen molar-refractivity contribution in [3.05, 3.63) is 54.1 Å². The van der Waals surface area contributed by atoms with Crippen LogP contribution in [-0.2, 0) is 9.57 Å². The molecule has 2 aromatic carbocycles. The predicted molar refractivity (Wildman–Crippen MR) is 96.6 cm³/mol. The van der Waals surface area contributed by atoms with Crippen molar-refractivity contribution in [2.75, 3.05) is 20.3 Å². The van der Waals surface area contributed by atoms with Crippen LogP contribution in [0.1, 0.15) is 27.2 Å². The van der Waals surface area contributed by atoms with Gasteiger partial charge in [0.25, 0.3) is 0 Å². The van der Waals surface area contributed by atoms with Crippen LogP contribution in [0, 0.1) is 0 Å². The van der Waals surface area contributed by atoms with E-state index in [1.807, 2.05) is 48.5 Å². The second-order valence-electron chi connectivity index (χ2n) is 6.07. The van der Waals surface area contributed by atoms with Crippen LogP contribution in [-0.4, -0.2) is 31.6 Å². The molecule has 1 fully saturated rings. The fourth-order valence-corrected chi connectivity index (χ4v) is 3.03. The van der Waals surface area contributed by atoms with Crippen LogP contribution in [0.4, 0.5) is 0 Å². The fourth-order valence-electron chi connectivity index (χ4n) is 3.03. The smallest absolute Gasteiger partial charge is 0.169 e. The molecule has 0 N–H and O–H groups in total. The highest BCUT2D eigenvalue weighted by molar-refractivity contribution is 6.02.